The van der Waals surface area contributed by atoms with E-state index >= 15 is 0 Å². The molecule has 5 heteroatoms. The van der Waals surface area contributed by atoms with E-state index in [1.54, 1.807) is 0 Å². The van der Waals surface area contributed by atoms with Crippen LogP contribution in [-0.2, 0) is 14.3 Å². The number of carbonyl (C=O) groups excluding carboxylic acids is 2. The second-order valence-corrected chi connectivity index (χ2v) is 3.02. The highest BCUT2D eigenvalue weighted by molar-refractivity contribution is 5.77. The number of nitrogens with one attached hydrogen (secondary N) is 1. The molecule has 1 rings (SSSR count). The molecule has 0 aromatic rings. The largest absolute Gasteiger partial charge is 0.468 e. The van der Waals surface area contributed by atoms with Crippen LogP contribution in [0.25, 0.3) is 0 Å². The lowest BCUT2D eigenvalue weighted by molar-refractivity contribution is -0.148. The summed E-state index contributed by atoms with van der Waals surface area (Å²) in [6, 6.07) is -0.373. The monoisotopic (exact) mass is 186 g/mol. The van der Waals surface area contributed by atoms with Gasteiger partial charge in [-0.25, -0.2) is 5.43 Å². The lowest BCUT2D eigenvalue weighted by atomic mass is 10.1. The van der Waals surface area contributed by atoms with E-state index < -0.39 is 0 Å². The van der Waals surface area contributed by atoms with E-state index in [1.165, 1.54) is 19.0 Å². The van der Waals surface area contributed by atoms with Gasteiger partial charge in [0.05, 0.1) is 7.11 Å². The summed E-state index contributed by atoms with van der Waals surface area (Å²) in [6.45, 7) is 2.12. The number of nitrogens with zero attached hydrogens (tertiary/aromatic N) is 1. The van der Waals surface area contributed by atoms with Gasteiger partial charge >= 0.3 is 5.97 Å². The van der Waals surface area contributed by atoms with Crippen LogP contribution in [0, 0.1) is 0 Å². The van der Waals surface area contributed by atoms with Gasteiger partial charge < -0.3 is 4.74 Å². The first-order valence-corrected chi connectivity index (χ1v) is 4.27. The molecule has 1 fully saturated rings. The van der Waals surface area contributed by atoms with Crippen LogP contribution in [0.1, 0.15) is 19.8 Å². The zero-order valence-electron chi connectivity index (χ0n) is 7.87. The van der Waals surface area contributed by atoms with Crippen molar-refractivity contribution < 1.29 is 14.3 Å². The summed E-state index contributed by atoms with van der Waals surface area (Å²) in [4.78, 5) is 22.1. The summed E-state index contributed by atoms with van der Waals surface area (Å²) in [6.07, 6.45) is 1.54. The SMILES string of the molecule is COC(=O)C1CCCN(C(C)=O)N1. The van der Waals surface area contributed by atoms with E-state index in [0.717, 1.165) is 12.8 Å². The molecule has 0 radical (unpaired) electrons. The van der Waals surface area contributed by atoms with Crippen LogP contribution in [0.5, 0.6) is 0 Å². The van der Waals surface area contributed by atoms with Gasteiger partial charge in [0.15, 0.2) is 0 Å². The lowest BCUT2D eigenvalue weighted by Crippen LogP contribution is -2.54. The number of hydrazine groups is 1. The fourth-order valence-corrected chi connectivity index (χ4v) is 1.33. The summed E-state index contributed by atoms with van der Waals surface area (Å²) in [7, 11) is 1.34. The molecule has 1 N–H and O–H groups in total. The standard InChI is InChI=1S/C8H14N2O3/c1-6(11)10-5-3-4-7(9-10)8(12)13-2/h7,9H,3-5H2,1-2H3. The van der Waals surface area contributed by atoms with Crippen LogP contribution in [0.2, 0.25) is 0 Å². The highest BCUT2D eigenvalue weighted by Gasteiger charge is 2.26. The van der Waals surface area contributed by atoms with Crippen molar-refractivity contribution in [3.8, 4) is 0 Å². The quantitative estimate of drug-likeness (QED) is 0.570. The number of esters is 1. The van der Waals surface area contributed by atoms with Gasteiger partial charge in [-0.1, -0.05) is 0 Å². The van der Waals surface area contributed by atoms with Gasteiger partial charge in [-0.05, 0) is 12.8 Å². The number of methoxy groups -OCH3 is 1. The van der Waals surface area contributed by atoms with Crippen LogP contribution in [0.4, 0.5) is 0 Å². The van der Waals surface area contributed by atoms with Crippen molar-refractivity contribution >= 4 is 11.9 Å². The van der Waals surface area contributed by atoms with Crippen molar-refractivity contribution in [2.45, 2.75) is 25.8 Å². The molecule has 1 amide bonds. The van der Waals surface area contributed by atoms with Crippen LogP contribution >= 0.6 is 0 Å². The Morgan fingerprint density at radius 3 is 2.77 bits per heavy atom. The van der Waals surface area contributed by atoms with Crippen LogP contribution < -0.4 is 5.43 Å². The molecule has 0 aliphatic carbocycles. The topological polar surface area (TPSA) is 58.6 Å². The minimum atomic E-state index is -0.373. The molecule has 0 bridgehead atoms. The second-order valence-electron chi connectivity index (χ2n) is 3.02. The smallest absolute Gasteiger partial charge is 0.324 e. The average molecular weight is 186 g/mol. The summed E-state index contributed by atoms with van der Waals surface area (Å²) < 4.78 is 4.58. The fourth-order valence-electron chi connectivity index (χ4n) is 1.33. The van der Waals surface area contributed by atoms with Gasteiger partial charge in [0.1, 0.15) is 6.04 Å². The van der Waals surface area contributed by atoms with E-state index in [2.05, 4.69) is 10.2 Å². The Hall–Kier alpha value is -1.10. The molecule has 1 aliphatic heterocycles. The molecular weight excluding hydrogens is 172 g/mol. The van der Waals surface area contributed by atoms with Crippen molar-refractivity contribution in [1.82, 2.24) is 10.4 Å². The van der Waals surface area contributed by atoms with Gasteiger partial charge in [-0.2, -0.15) is 0 Å². The van der Waals surface area contributed by atoms with Crippen molar-refractivity contribution in [1.29, 1.82) is 0 Å². The molecule has 0 aromatic heterocycles. The summed E-state index contributed by atoms with van der Waals surface area (Å²) in [5, 5.41) is 1.45. The molecule has 0 aromatic carbocycles. The van der Waals surface area contributed by atoms with E-state index in [9.17, 15) is 9.59 Å². The van der Waals surface area contributed by atoms with Crippen LogP contribution in [0.15, 0.2) is 0 Å². The molecule has 1 saturated heterocycles. The Kier molecular flexibility index (Phi) is 3.25. The maximum Gasteiger partial charge on any atom is 0.324 e. The zero-order valence-corrected chi connectivity index (χ0v) is 7.87. The minimum Gasteiger partial charge on any atom is -0.468 e. The maximum absolute atomic E-state index is 11.1. The number of carbonyl (C=O) groups is 2. The summed E-state index contributed by atoms with van der Waals surface area (Å²) in [5.41, 5.74) is 2.81. The number of hydrogen-bond donors (Lipinski definition) is 1. The van der Waals surface area contributed by atoms with E-state index in [4.69, 9.17) is 0 Å². The molecule has 1 aliphatic rings. The minimum absolute atomic E-state index is 0.0754. The van der Waals surface area contributed by atoms with Crippen molar-refractivity contribution in [2.75, 3.05) is 13.7 Å². The average Bonchev–Trinajstić information content (AvgIpc) is 2.17. The van der Waals surface area contributed by atoms with Crippen molar-refractivity contribution in [3.05, 3.63) is 0 Å². The highest BCUT2D eigenvalue weighted by atomic mass is 16.5. The number of rotatable bonds is 1. The molecule has 13 heavy (non-hydrogen) atoms. The molecule has 1 unspecified atom stereocenters. The normalized spacial score (nSPS) is 22.6. The lowest BCUT2D eigenvalue weighted by Gasteiger charge is -2.31. The second kappa shape index (κ2) is 4.23. The molecule has 1 atom stereocenters. The fraction of sp³-hybridized carbons (Fsp3) is 0.750. The predicted octanol–water partition coefficient (Wildman–Crippen LogP) is -0.325. The van der Waals surface area contributed by atoms with E-state index in [-0.39, 0.29) is 17.9 Å². The van der Waals surface area contributed by atoms with Crippen molar-refractivity contribution in [2.24, 2.45) is 0 Å². The Bertz CT molecular complexity index is 217. The number of ether oxygens (including phenoxy) is 1. The molecular formula is C8H14N2O3. The van der Waals surface area contributed by atoms with E-state index in [1.807, 2.05) is 0 Å². The molecule has 0 saturated carbocycles. The molecule has 1 heterocycles. The zero-order chi connectivity index (χ0) is 9.84. The third-order valence-electron chi connectivity index (χ3n) is 2.05. The third kappa shape index (κ3) is 2.42. The predicted molar refractivity (Wildman–Crippen MR) is 45.6 cm³/mol. The highest BCUT2D eigenvalue weighted by Crippen LogP contribution is 2.08. The Morgan fingerprint density at radius 1 is 1.54 bits per heavy atom. The number of amides is 1. The van der Waals surface area contributed by atoms with Gasteiger partial charge in [0, 0.05) is 13.5 Å². The Morgan fingerprint density at radius 2 is 2.23 bits per heavy atom. The molecule has 5 nitrogen and oxygen atoms in total. The maximum atomic E-state index is 11.1. The molecule has 0 spiro atoms. The van der Waals surface area contributed by atoms with Crippen molar-refractivity contribution in [3.63, 3.8) is 0 Å². The first-order valence-electron chi connectivity index (χ1n) is 4.27. The molecule has 74 valence electrons. The van der Waals surface area contributed by atoms with Crippen LogP contribution in [0.3, 0.4) is 0 Å². The van der Waals surface area contributed by atoms with Gasteiger partial charge in [0.2, 0.25) is 5.91 Å². The summed E-state index contributed by atoms with van der Waals surface area (Å²) >= 11 is 0. The third-order valence-corrected chi connectivity index (χ3v) is 2.05. The Balaban J connectivity index is 2.51. The summed E-state index contributed by atoms with van der Waals surface area (Å²) in [5.74, 6) is -0.389. The van der Waals surface area contributed by atoms with Gasteiger partial charge in [0.25, 0.3) is 0 Å². The van der Waals surface area contributed by atoms with Gasteiger partial charge in [-0.15, -0.1) is 0 Å². The Labute approximate surface area is 77.0 Å². The van der Waals surface area contributed by atoms with Crippen LogP contribution in [-0.4, -0.2) is 36.6 Å². The van der Waals surface area contributed by atoms with Gasteiger partial charge in [-0.3, -0.25) is 14.6 Å². The first-order chi connectivity index (χ1) is 6.15. The first kappa shape index (κ1) is 9.98. The number of hydrogen-bond acceptors (Lipinski definition) is 4. The van der Waals surface area contributed by atoms with E-state index in [0.29, 0.717) is 6.54 Å².